The molecule has 112 valence electrons. The molecule has 0 aromatic heterocycles. The van der Waals surface area contributed by atoms with E-state index in [-0.39, 0.29) is 24.2 Å². The van der Waals surface area contributed by atoms with Crippen LogP contribution in [0.2, 0.25) is 5.02 Å². The predicted octanol–water partition coefficient (Wildman–Crippen LogP) is 3.12. The molecule has 1 amide bonds. The van der Waals surface area contributed by atoms with Crippen molar-refractivity contribution in [2.45, 2.75) is 26.2 Å². The molecule has 0 radical (unpaired) electrons. The fraction of sp³-hybridized carbons (Fsp3) is 0.375. The number of carbonyl (C=O) groups is 2. The molecule has 5 heteroatoms. The SMILES string of the molecule is CCOC(=O)C1=C(C)N(C)C(=O)CC1c1ccc(Cl)cc1. The molecular weight excluding hydrogens is 290 g/mol. The van der Waals surface area contributed by atoms with Crippen LogP contribution in [0.5, 0.6) is 0 Å². The van der Waals surface area contributed by atoms with Gasteiger partial charge in [0.2, 0.25) is 5.91 Å². The Morgan fingerprint density at radius 2 is 2.00 bits per heavy atom. The number of ether oxygens (including phenoxy) is 1. The second-order valence-electron chi connectivity index (χ2n) is 4.98. The highest BCUT2D eigenvalue weighted by Gasteiger charge is 2.35. The third kappa shape index (κ3) is 3.10. The molecule has 0 aliphatic carbocycles. The number of esters is 1. The van der Waals surface area contributed by atoms with E-state index in [1.165, 1.54) is 4.90 Å². The number of amides is 1. The average Bonchev–Trinajstić information content (AvgIpc) is 2.45. The smallest absolute Gasteiger partial charge is 0.336 e. The van der Waals surface area contributed by atoms with E-state index in [1.54, 1.807) is 33.0 Å². The van der Waals surface area contributed by atoms with Crippen LogP contribution in [-0.2, 0) is 14.3 Å². The molecule has 0 N–H and O–H groups in total. The number of halogens is 1. The van der Waals surface area contributed by atoms with Gasteiger partial charge in [0, 0.05) is 30.1 Å². The summed E-state index contributed by atoms with van der Waals surface area (Å²) >= 11 is 5.90. The molecule has 0 fully saturated rings. The minimum absolute atomic E-state index is 0.0134. The maximum Gasteiger partial charge on any atom is 0.336 e. The van der Waals surface area contributed by atoms with Gasteiger partial charge in [-0.2, -0.15) is 0 Å². The molecular formula is C16H18ClNO3. The number of allylic oxidation sites excluding steroid dienone is 1. The van der Waals surface area contributed by atoms with Gasteiger partial charge in [-0.1, -0.05) is 23.7 Å². The number of hydrogen-bond donors (Lipinski definition) is 0. The van der Waals surface area contributed by atoms with Gasteiger partial charge in [0.15, 0.2) is 0 Å². The first kappa shape index (κ1) is 15.6. The van der Waals surface area contributed by atoms with E-state index in [0.717, 1.165) is 5.56 Å². The predicted molar refractivity (Wildman–Crippen MR) is 80.9 cm³/mol. The third-order valence-electron chi connectivity index (χ3n) is 3.76. The van der Waals surface area contributed by atoms with Gasteiger partial charge >= 0.3 is 5.97 Å². The summed E-state index contributed by atoms with van der Waals surface area (Å²) in [5, 5.41) is 0.622. The fourth-order valence-corrected chi connectivity index (χ4v) is 2.64. The first-order valence-electron chi connectivity index (χ1n) is 6.85. The van der Waals surface area contributed by atoms with Crippen molar-refractivity contribution < 1.29 is 14.3 Å². The van der Waals surface area contributed by atoms with Crippen molar-refractivity contribution in [2.24, 2.45) is 0 Å². The molecule has 21 heavy (non-hydrogen) atoms. The number of benzene rings is 1. The van der Waals surface area contributed by atoms with Crippen molar-refractivity contribution in [1.82, 2.24) is 4.90 Å². The van der Waals surface area contributed by atoms with Crippen LogP contribution in [0.25, 0.3) is 0 Å². The monoisotopic (exact) mass is 307 g/mol. The van der Waals surface area contributed by atoms with Crippen LogP contribution in [0.4, 0.5) is 0 Å². The lowest BCUT2D eigenvalue weighted by molar-refractivity contribution is -0.139. The van der Waals surface area contributed by atoms with Crippen LogP contribution in [-0.4, -0.2) is 30.4 Å². The lowest BCUT2D eigenvalue weighted by Gasteiger charge is -2.32. The van der Waals surface area contributed by atoms with E-state index in [0.29, 0.717) is 22.9 Å². The Hall–Kier alpha value is -1.81. The molecule has 0 spiro atoms. The van der Waals surface area contributed by atoms with Gasteiger partial charge in [0.1, 0.15) is 0 Å². The Morgan fingerprint density at radius 1 is 1.38 bits per heavy atom. The highest BCUT2D eigenvalue weighted by Crippen LogP contribution is 2.36. The third-order valence-corrected chi connectivity index (χ3v) is 4.01. The Balaban J connectivity index is 2.48. The lowest BCUT2D eigenvalue weighted by Crippen LogP contribution is -2.35. The van der Waals surface area contributed by atoms with E-state index in [9.17, 15) is 9.59 Å². The van der Waals surface area contributed by atoms with E-state index >= 15 is 0 Å². The van der Waals surface area contributed by atoms with E-state index in [1.807, 2.05) is 12.1 Å². The van der Waals surface area contributed by atoms with Gasteiger partial charge in [-0.3, -0.25) is 4.79 Å². The zero-order valence-electron chi connectivity index (χ0n) is 12.4. The van der Waals surface area contributed by atoms with Crippen LogP contribution >= 0.6 is 11.6 Å². The molecule has 1 heterocycles. The molecule has 1 atom stereocenters. The summed E-state index contributed by atoms with van der Waals surface area (Å²) in [6.45, 7) is 3.84. The van der Waals surface area contributed by atoms with Crippen molar-refractivity contribution >= 4 is 23.5 Å². The number of rotatable bonds is 3. The first-order chi connectivity index (χ1) is 9.95. The molecule has 0 saturated carbocycles. The number of nitrogens with zero attached hydrogens (tertiary/aromatic N) is 1. The minimum Gasteiger partial charge on any atom is -0.463 e. The Labute approximate surface area is 129 Å². The van der Waals surface area contributed by atoms with Crippen molar-refractivity contribution in [1.29, 1.82) is 0 Å². The van der Waals surface area contributed by atoms with E-state index < -0.39 is 0 Å². The molecule has 1 aromatic carbocycles. The first-order valence-corrected chi connectivity index (χ1v) is 7.23. The molecule has 1 aromatic rings. The highest BCUT2D eigenvalue weighted by atomic mass is 35.5. The van der Waals surface area contributed by atoms with Gasteiger partial charge < -0.3 is 9.64 Å². The van der Waals surface area contributed by atoms with E-state index in [4.69, 9.17) is 16.3 Å². The summed E-state index contributed by atoms with van der Waals surface area (Å²) in [5.41, 5.74) is 2.08. The van der Waals surface area contributed by atoms with Crippen molar-refractivity contribution in [3.8, 4) is 0 Å². The van der Waals surface area contributed by atoms with Crippen molar-refractivity contribution in [3.05, 3.63) is 46.1 Å². The molecule has 2 rings (SSSR count). The summed E-state index contributed by atoms with van der Waals surface area (Å²) in [5.74, 6) is -0.667. The quantitative estimate of drug-likeness (QED) is 0.806. The largest absolute Gasteiger partial charge is 0.463 e. The second kappa shape index (κ2) is 6.31. The summed E-state index contributed by atoms with van der Waals surface area (Å²) in [6, 6.07) is 7.21. The van der Waals surface area contributed by atoms with Gasteiger partial charge in [0.25, 0.3) is 0 Å². The molecule has 0 saturated heterocycles. The van der Waals surface area contributed by atoms with Crippen LogP contribution in [0.3, 0.4) is 0 Å². The molecule has 1 unspecified atom stereocenters. The highest BCUT2D eigenvalue weighted by molar-refractivity contribution is 6.30. The fourth-order valence-electron chi connectivity index (χ4n) is 2.51. The van der Waals surface area contributed by atoms with Gasteiger partial charge in [-0.05, 0) is 31.5 Å². The molecule has 0 bridgehead atoms. The summed E-state index contributed by atoms with van der Waals surface area (Å²) in [4.78, 5) is 25.9. The van der Waals surface area contributed by atoms with Crippen LogP contribution in [0, 0.1) is 0 Å². The topological polar surface area (TPSA) is 46.6 Å². The molecule has 4 nitrogen and oxygen atoms in total. The lowest BCUT2D eigenvalue weighted by atomic mass is 9.84. The molecule has 1 aliphatic rings. The Morgan fingerprint density at radius 3 is 2.57 bits per heavy atom. The number of carbonyl (C=O) groups excluding carboxylic acids is 2. The van der Waals surface area contributed by atoms with Gasteiger partial charge in [0.05, 0.1) is 12.2 Å². The molecule has 1 aliphatic heterocycles. The normalized spacial score (nSPS) is 19.0. The van der Waals surface area contributed by atoms with E-state index in [2.05, 4.69) is 0 Å². The van der Waals surface area contributed by atoms with Crippen molar-refractivity contribution in [2.75, 3.05) is 13.7 Å². The summed E-state index contributed by atoms with van der Waals surface area (Å²) in [6.07, 6.45) is 0.254. The maximum absolute atomic E-state index is 12.3. The Kier molecular flexibility index (Phi) is 4.68. The maximum atomic E-state index is 12.3. The summed E-state index contributed by atoms with van der Waals surface area (Å²) in [7, 11) is 1.68. The minimum atomic E-state index is -0.366. The van der Waals surface area contributed by atoms with Crippen molar-refractivity contribution in [3.63, 3.8) is 0 Å². The Bertz CT molecular complexity index is 592. The van der Waals surface area contributed by atoms with Crippen LogP contribution in [0.15, 0.2) is 35.5 Å². The van der Waals surface area contributed by atoms with Gasteiger partial charge in [-0.15, -0.1) is 0 Å². The van der Waals surface area contributed by atoms with Gasteiger partial charge in [-0.25, -0.2) is 4.79 Å². The van der Waals surface area contributed by atoms with Crippen LogP contribution in [0.1, 0.15) is 31.7 Å². The zero-order chi connectivity index (χ0) is 15.6. The average molecular weight is 308 g/mol. The zero-order valence-corrected chi connectivity index (χ0v) is 13.1. The second-order valence-corrected chi connectivity index (χ2v) is 5.42. The standard InChI is InChI=1S/C16H18ClNO3/c1-4-21-16(20)15-10(2)18(3)14(19)9-13(15)11-5-7-12(17)8-6-11/h5-8,13H,4,9H2,1-3H3. The summed E-state index contributed by atoms with van der Waals surface area (Å²) < 4.78 is 5.15. The van der Waals surface area contributed by atoms with Crippen LogP contribution < -0.4 is 0 Å². The number of hydrogen-bond acceptors (Lipinski definition) is 3.